The van der Waals surface area contributed by atoms with Crippen molar-refractivity contribution in [1.29, 1.82) is 0 Å². The van der Waals surface area contributed by atoms with Crippen molar-refractivity contribution < 1.29 is 22.7 Å². The van der Waals surface area contributed by atoms with Crippen molar-refractivity contribution >= 4 is 11.7 Å². The average molecular weight is 407 g/mol. The predicted octanol–water partition coefficient (Wildman–Crippen LogP) is 2.97. The normalized spacial score (nSPS) is 11.7. The standard InChI is InChI=1S/C19H20F3N5O2/c1-11-14(12(2)27-18(23-11)24-17(25-27)19(20,21)22)9-16(28)26(3)10-13-7-5-6-8-15(13)29-4/h5-8H,9-10H2,1-4H3. The van der Waals surface area contributed by atoms with E-state index in [-0.39, 0.29) is 18.1 Å². The number of aromatic nitrogens is 4. The number of methoxy groups -OCH3 is 1. The maximum Gasteiger partial charge on any atom is 0.453 e. The number of para-hydroxylation sites is 1. The lowest BCUT2D eigenvalue weighted by molar-refractivity contribution is -0.144. The molecule has 7 nitrogen and oxygen atoms in total. The molecule has 154 valence electrons. The molecule has 29 heavy (non-hydrogen) atoms. The molecule has 0 radical (unpaired) electrons. The predicted molar refractivity (Wildman–Crippen MR) is 98.4 cm³/mol. The lowest BCUT2D eigenvalue weighted by Gasteiger charge is -2.20. The molecule has 0 aliphatic carbocycles. The molecule has 2 aromatic heterocycles. The summed E-state index contributed by atoms with van der Waals surface area (Å²) in [6, 6.07) is 7.36. The summed E-state index contributed by atoms with van der Waals surface area (Å²) < 4.78 is 45.0. The van der Waals surface area contributed by atoms with Gasteiger partial charge in [0.25, 0.3) is 11.6 Å². The number of alkyl halides is 3. The smallest absolute Gasteiger partial charge is 0.453 e. The van der Waals surface area contributed by atoms with Gasteiger partial charge in [-0.05, 0) is 19.9 Å². The summed E-state index contributed by atoms with van der Waals surface area (Å²) in [6.07, 6.45) is -4.69. The molecule has 0 bridgehead atoms. The van der Waals surface area contributed by atoms with Crippen LogP contribution in [0.25, 0.3) is 5.78 Å². The van der Waals surface area contributed by atoms with E-state index in [4.69, 9.17) is 4.74 Å². The minimum Gasteiger partial charge on any atom is -0.496 e. The van der Waals surface area contributed by atoms with Gasteiger partial charge in [0.05, 0.1) is 13.5 Å². The van der Waals surface area contributed by atoms with Crippen LogP contribution in [-0.2, 0) is 23.9 Å². The summed E-state index contributed by atoms with van der Waals surface area (Å²) in [4.78, 5) is 21.8. The Hall–Kier alpha value is -3.17. The Morgan fingerprint density at radius 1 is 1.21 bits per heavy atom. The molecular weight excluding hydrogens is 387 g/mol. The summed E-state index contributed by atoms with van der Waals surface area (Å²) >= 11 is 0. The molecule has 2 heterocycles. The SMILES string of the molecule is COc1ccccc1CN(C)C(=O)Cc1c(C)nc2nc(C(F)(F)F)nn2c1C. The van der Waals surface area contributed by atoms with E-state index in [1.807, 2.05) is 24.3 Å². The first-order valence-corrected chi connectivity index (χ1v) is 8.77. The molecular formula is C19H20F3N5O2. The number of likely N-dealkylation sites (N-methyl/N-ethyl adjacent to an activating group) is 1. The summed E-state index contributed by atoms with van der Waals surface area (Å²) in [5.41, 5.74) is 2.21. The molecule has 0 saturated carbocycles. The first-order valence-electron chi connectivity index (χ1n) is 8.77. The Kier molecular flexibility index (Phi) is 5.45. The van der Waals surface area contributed by atoms with Crippen LogP contribution in [0.1, 0.15) is 28.3 Å². The zero-order chi connectivity index (χ0) is 21.3. The molecule has 0 spiro atoms. The first kappa shape index (κ1) is 20.6. The Morgan fingerprint density at radius 2 is 1.90 bits per heavy atom. The number of benzene rings is 1. The molecule has 0 unspecified atom stereocenters. The molecule has 1 amide bonds. The highest BCUT2D eigenvalue weighted by molar-refractivity contribution is 5.79. The highest BCUT2D eigenvalue weighted by Crippen LogP contribution is 2.27. The summed E-state index contributed by atoms with van der Waals surface area (Å²) in [6.45, 7) is 3.56. The number of ether oxygens (including phenoxy) is 1. The van der Waals surface area contributed by atoms with E-state index in [1.165, 1.54) is 4.90 Å². The second-order valence-electron chi connectivity index (χ2n) is 6.64. The van der Waals surface area contributed by atoms with E-state index in [0.717, 1.165) is 10.1 Å². The van der Waals surface area contributed by atoms with Crippen LogP contribution in [0.3, 0.4) is 0 Å². The average Bonchev–Trinajstić information content (AvgIpc) is 3.10. The van der Waals surface area contributed by atoms with Crippen molar-refractivity contribution in [2.45, 2.75) is 33.0 Å². The lowest BCUT2D eigenvalue weighted by atomic mass is 10.1. The van der Waals surface area contributed by atoms with Crippen LogP contribution in [0, 0.1) is 13.8 Å². The molecule has 0 atom stereocenters. The molecule has 0 N–H and O–H groups in total. The van der Waals surface area contributed by atoms with E-state index in [2.05, 4.69) is 15.1 Å². The van der Waals surface area contributed by atoms with E-state index in [1.54, 1.807) is 28.0 Å². The Balaban J connectivity index is 1.86. The topological polar surface area (TPSA) is 72.6 Å². The Bertz CT molecular complexity index is 1060. The van der Waals surface area contributed by atoms with Crippen molar-refractivity contribution in [3.8, 4) is 5.75 Å². The third-order valence-corrected chi connectivity index (χ3v) is 4.66. The molecule has 0 saturated heterocycles. The van der Waals surface area contributed by atoms with Crippen molar-refractivity contribution in [1.82, 2.24) is 24.5 Å². The van der Waals surface area contributed by atoms with Crippen molar-refractivity contribution in [3.63, 3.8) is 0 Å². The van der Waals surface area contributed by atoms with Crippen LogP contribution in [-0.4, -0.2) is 44.5 Å². The molecule has 3 aromatic rings. The van der Waals surface area contributed by atoms with Gasteiger partial charge < -0.3 is 9.64 Å². The van der Waals surface area contributed by atoms with Gasteiger partial charge in [-0.15, -0.1) is 5.10 Å². The number of amides is 1. The molecule has 10 heteroatoms. The third-order valence-electron chi connectivity index (χ3n) is 4.66. The van der Waals surface area contributed by atoms with Crippen LogP contribution in [0.4, 0.5) is 13.2 Å². The first-order chi connectivity index (χ1) is 13.6. The van der Waals surface area contributed by atoms with E-state index >= 15 is 0 Å². The minimum atomic E-state index is -4.67. The molecule has 1 aromatic carbocycles. The highest BCUT2D eigenvalue weighted by Gasteiger charge is 2.37. The zero-order valence-electron chi connectivity index (χ0n) is 16.4. The fourth-order valence-electron chi connectivity index (χ4n) is 3.05. The maximum atomic E-state index is 12.9. The number of hydrogen-bond donors (Lipinski definition) is 0. The molecule has 0 fully saturated rings. The van der Waals surface area contributed by atoms with E-state index in [9.17, 15) is 18.0 Å². The summed E-state index contributed by atoms with van der Waals surface area (Å²) in [5, 5.41) is 3.50. The van der Waals surface area contributed by atoms with Gasteiger partial charge in [-0.3, -0.25) is 4.79 Å². The second kappa shape index (κ2) is 7.69. The summed E-state index contributed by atoms with van der Waals surface area (Å²) in [5.74, 6) is -0.945. The Morgan fingerprint density at radius 3 is 2.55 bits per heavy atom. The largest absolute Gasteiger partial charge is 0.496 e. The second-order valence-corrected chi connectivity index (χ2v) is 6.64. The van der Waals surface area contributed by atoms with Crippen molar-refractivity contribution in [3.05, 3.63) is 52.6 Å². The van der Waals surface area contributed by atoms with E-state index in [0.29, 0.717) is 29.2 Å². The van der Waals surface area contributed by atoms with Crippen LogP contribution < -0.4 is 4.74 Å². The van der Waals surface area contributed by atoms with Crippen molar-refractivity contribution in [2.75, 3.05) is 14.2 Å². The number of nitrogens with zero attached hydrogens (tertiary/aromatic N) is 5. The third kappa shape index (κ3) is 4.15. The van der Waals surface area contributed by atoms with Gasteiger partial charge in [-0.2, -0.15) is 18.2 Å². The van der Waals surface area contributed by atoms with Gasteiger partial charge in [-0.25, -0.2) is 9.50 Å². The monoisotopic (exact) mass is 407 g/mol. The van der Waals surface area contributed by atoms with Gasteiger partial charge in [-0.1, -0.05) is 18.2 Å². The zero-order valence-corrected chi connectivity index (χ0v) is 16.4. The van der Waals surface area contributed by atoms with Crippen LogP contribution in [0.2, 0.25) is 0 Å². The number of hydrogen-bond acceptors (Lipinski definition) is 5. The van der Waals surface area contributed by atoms with Gasteiger partial charge in [0.2, 0.25) is 5.91 Å². The Labute approximate surface area is 165 Å². The number of rotatable bonds is 5. The fraction of sp³-hybridized carbons (Fsp3) is 0.368. The highest BCUT2D eigenvalue weighted by atomic mass is 19.4. The number of aryl methyl sites for hydroxylation is 2. The number of carbonyl (C=O) groups excluding carboxylic acids is 1. The van der Waals surface area contributed by atoms with Crippen LogP contribution in [0.15, 0.2) is 24.3 Å². The molecule has 0 aliphatic rings. The molecule has 0 aliphatic heterocycles. The van der Waals surface area contributed by atoms with Gasteiger partial charge >= 0.3 is 6.18 Å². The maximum absolute atomic E-state index is 12.9. The quantitative estimate of drug-likeness (QED) is 0.650. The molecule has 3 rings (SSSR count). The summed E-state index contributed by atoms with van der Waals surface area (Å²) in [7, 11) is 3.21. The number of halogens is 3. The number of carbonyl (C=O) groups is 1. The minimum absolute atomic E-state index is 0.0204. The fourth-order valence-corrected chi connectivity index (χ4v) is 3.05. The van der Waals surface area contributed by atoms with Gasteiger partial charge in [0.15, 0.2) is 0 Å². The van der Waals surface area contributed by atoms with E-state index < -0.39 is 12.0 Å². The number of fused-ring (bicyclic) bond motifs is 1. The van der Waals surface area contributed by atoms with Gasteiger partial charge in [0.1, 0.15) is 5.75 Å². The van der Waals surface area contributed by atoms with Crippen LogP contribution >= 0.6 is 0 Å². The lowest BCUT2D eigenvalue weighted by Crippen LogP contribution is -2.28. The van der Waals surface area contributed by atoms with Gasteiger partial charge in [0, 0.05) is 36.1 Å². The van der Waals surface area contributed by atoms with Crippen molar-refractivity contribution in [2.24, 2.45) is 0 Å². The van der Waals surface area contributed by atoms with Crippen LogP contribution in [0.5, 0.6) is 5.75 Å².